The summed E-state index contributed by atoms with van der Waals surface area (Å²) in [4.78, 5) is 79.5. The van der Waals surface area contributed by atoms with Gasteiger partial charge in [0.2, 0.25) is 11.8 Å². The molecule has 11 unspecified atom stereocenters. The number of ether oxygens (including phenoxy) is 1. The molecule has 6 heterocycles. The number of para-hydroxylation sites is 2. The average molecular weight is 1050 g/mol. The number of fused-ring (bicyclic) bond motifs is 6. The molecule has 6 aliphatic rings. The quantitative estimate of drug-likeness (QED) is 0.0808. The molecule has 0 bridgehead atoms. The van der Waals surface area contributed by atoms with Crippen molar-refractivity contribution in [2.24, 2.45) is 34.8 Å². The van der Waals surface area contributed by atoms with Crippen LogP contribution in [0.2, 0.25) is 0 Å². The molecule has 5 aromatic rings. The number of esters is 1. The first kappa shape index (κ1) is 52.5. The second kappa shape index (κ2) is 21.4. The van der Waals surface area contributed by atoms with Gasteiger partial charge < -0.3 is 35.9 Å². The number of halogens is 2. The number of aromatic nitrogens is 4. The van der Waals surface area contributed by atoms with E-state index in [1.165, 1.54) is 0 Å². The van der Waals surface area contributed by atoms with Gasteiger partial charge >= 0.3 is 5.97 Å². The molecule has 11 atom stereocenters. The number of H-pyrrole nitrogens is 1. The van der Waals surface area contributed by atoms with Crippen molar-refractivity contribution in [3.8, 4) is 6.07 Å². The van der Waals surface area contributed by atoms with Crippen molar-refractivity contribution in [1.29, 1.82) is 5.26 Å². The van der Waals surface area contributed by atoms with Crippen molar-refractivity contribution in [2.75, 3.05) is 23.7 Å². The third kappa shape index (κ3) is 9.40. The Labute approximate surface area is 445 Å². The number of benzene rings is 3. The van der Waals surface area contributed by atoms with Gasteiger partial charge in [-0.2, -0.15) is 5.26 Å². The Kier molecular flexibility index (Phi) is 15.2. The number of nitrogens with two attached hydrogens (primary N) is 1. The van der Waals surface area contributed by atoms with Crippen LogP contribution in [-0.4, -0.2) is 83.1 Å². The predicted octanol–water partition coefficient (Wildman–Crippen LogP) is 9.40. The highest BCUT2D eigenvalue weighted by Crippen LogP contribution is 2.54. The Hall–Kier alpha value is -6.41. The van der Waals surface area contributed by atoms with Crippen molar-refractivity contribution in [3.05, 3.63) is 131 Å². The monoisotopic (exact) mass is 1040 g/mol. The number of likely N-dealkylation sites (tertiary alicyclic amines) is 2. The molecule has 2 aromatic heterocycles. The highest BCUT2D eigenvalue weighted by Gasteiger charge is 2.53. The summed E-state index contributed by atoms with van der Waals surface area (Å²) in [5.41, 5.74) is 10.2. The fourth-order valence-electron chi connectivity index (χ4n) is 13.1. The number of rotatable bonds is 9. The van der Waals surface area contributed by atoms with Crippen LogP contribution in [0.25, 0.3) is 0 Å². The van der Waals surface area contributed by atoms with Crippen LogP contribution in [0.1, 0.15) is 154 Å². The lowest BCUT2D eigenvalue weighted by Crippen LogP contribution is -2.55. The van der Waals surface area contributed by atoms with E-state index in [0.717, 1.165) is 73.3 Å². The molecule has 74 heavy (non-hydrogen) atoms. The number of aromatic amines is 1. The van der Waals surface area contributed by atoms with E-state index >= 15 is 9.59 Å². The smallest absolute Gasteiger partial charge is 0.314 e. The molecule has 11 rings (SSSR count). The molecule has 4 aliphatic heterocycles. The van der Waals surface area contributed by atoms with Gasteiger partial charge in [0.15, 0.2) is 0 Å². The second-order valence-corrected chi connectivity index (χ2v) is 21.8. The van der Waals surface area contributed by atoms with Gasteiger partial charge in [0.25, 0.3) is 12.3 Å². The van der Waals surface area contributed by atoms with Crippen LogP contribution in [0, 0.1) is 40.4 Å². The highest BCUT2D eigenvalue weighted by atomic mass is 35.5. The lowest BCUT2D eigenvalue weighted by molar-refractivity contribution is -0.182. The largest absolute Gasteiger partial charge is 0.421 e. The third-order valence-corrected chi connectivity index (χ3v) is 16.6. The molecular weight excluding hydrogens is 978 g/mol. The zero-order valence-electron chi connectivity index (χ0n) is 42.1. The number of carbonyl (C=O) groups excluding carboxylic acids is 4. The first-order valence-corrected chi connectivity index (χ1v) is 26.0. The van der Waals surface area contributed by atoms with E-state index < -0.39 is 41.6 Å². The highest BCUT2D eigenvalue weighted by molar-refractivity contribution is 5.95. The molecule has 0 spiro atoms. The maximum absolute atomic E-state index is 15.8. The minimum atomic E-state index is -1.39. The lowest BCUT2D eigenvalue weighted by atomic mass is 9.80. The molecule has 390 valence electrons. The zero-order chi connectivity index (χ0) is 49.8. The first-order valence-electron chi connectivity index (χ1n) is 26.0. The summed E-state index contributed by atoms with van der Waals surface area (Å²) in [5.74, 6) is -0.612. The SMILES string of the molecule is CC(C)(C)C(=O)OC(N(C(=O)c1ccc(C#N)cc1)C1CCCCC1C(=O)N1CCC2C(c3ncc[nH]3)Nc3ccccc3C21)n1ccnc1C1Nc2ccccc2C2C1CCN2C(=O)C1CCCCC1N.Cl.Cl. The van der Waals surface area contributed by atoms with E-state index in [2.05, 4.69) is 44.9 Å². The topological polar surface area (TPSA) is 208 Å². The van der Waals surface area contributed by atoms with Crippen LogP contribution in [0.3, 0.4) is 0 Å². The van der Waals surface area contributed by atoms with Gasteiger partial charge in [-0.3, -0.25) is 28.6 Å². The number of hydrogen-bond acceptors (Lipinski definition) is 11. The number of amides is 3. The molecule has 4 fully saturated rings. The summed E-state index contributed by atoms with van der Waals surface area (Å²) < 4.78 is 8.55. The molecule has 0 radical (unpaired) electrons. The van der Waals surface area contributed by atoms with Crippen LogP contribution in [0.15, 0.2) is 97.6 Å². The van der Waals surface area contributed by atoms with Crippen molar-refractivity contribution in [3.63, 3.8) is 0 Å². The molecule has 3 amide bonds. The van der Waals surface area contributed by atoms with Gasteiger partial charge in [0.1, 0.15) is 11.6 Å². The molecular formula is C56H67Cl2N11O5. The Morgan fingerprint density at radius 1 is 0.743 bits per heavy atom. The minimum absolute atomic E-state index is 0. The summed E-state index contributed by atoms with van der Waals surface area (Å²) in [6, 6.07) is 22.8. The number of nitrogens with zero attached hydrogens (tertiary/aromatic N) is 7. The molecule has 18 heteroatoms. The minimum Gasteiger partial charge on any atom is -0.421 e. The Morgan fingerprint density at radius 3 is 1.93 bits per heavy atom. The summed E-state index contributed by atoms with van der Waals surface area (Å²) in [6.45, 7) is 6.41. The maximum atomic E-state index is 15.8. The van der Waals surface area contributed by atoms with Gasteiger partial charge in [-0.15, -0.1) is 24.8 Å². The van der Waals surface area contributed by atoms with Crippen LogP contribution < -0.4 is 16.4 Å². The van der Waals surface area contributed by atoms with Crippen molar-refractivity contribution < 1.29 is 23.9 Å². The van der Waals surface area contributed by atoms with Gasteiger partial charge in [-0.25, -0.2) is 9.97 Å². The number of nitriles is 1. The molecule has 16 nitrogen and oxygen atoms in total. The molecule has 3 aromatic carbocycles. The summed E-state index contributed by atoms with van der Waals surface area (Å²) in [6.07, 6.45) is 13.1. The van der Waals surface area contributed by atoms with E-state index in [4.69, 9.17) is 15.5 Å². The lowest BCUT2D eigenvalue weighted by Gasteiger charge is -2.46. The fraction of sp³-hybridized carbons (Fsp3) is 0.482. The number of nitrogens with one attached hydrogen (secondary N) is 3. The molecule has 2 aliphatic carbocycles. The van der Waals surface area contributed by atoms with E-state index in [1.807, 2.05) is 46.3 Å². The van der Waals surface area contributed by atoms with E-state index in [1.54, 1.807) is 73.1 Å². The molecule has 5 N–H and O–H groups in total. The summed E-state index contributed by atoms with van der Waals surface area (Å²) in [7, 11) is 0. The molecule has 2 saturated carbocycles. The number of carbonyl (C=O) groups is 4. The Morgan fingerprint density at radius 2 is 1.32 bits per heavy atom. The van der Waals surface area contributed by atoms with Crippen LogP contribution in [0.4, 0.5) is 11.4 Å². The van der Waals surface area contributed by atoms with Crippen molar-refractivity contribution >= 4 is 59.9 Å². The van der Waals surface area contributed by atoms with Crippen LogP contribution in [-0.2, 0) is 19.1 Å². The summed E-state index contributed by atoms with van der Waals surface area (Å²) in [5, 5.41) is 17.3. The second-order valence-electron chi connectivity index (χ2n) is 21.8. The van der Waals surface area contributed by atoms with Crippen molar-refractivity contribution in [1.82, 2.24) is 34.2 Å². The maximum Gasteiger partial charge on any atom is 0.314 e. The molecule has 2 saturated heterocycles. The normalized spacial score (nSPS) is 27.2. The van der Waals surface area contributed by atoms with Gasteiger partial charge in [0, 0.05) is 78.7 Å². The zero-order valence-corrected chi connectivity index (χ0v) is 43.8. The standard InChI is InChI=1S/C56H65N11O5.2ClH/c1-56(2,3)54(71)72-55(66-31-28-61-50(66)46-40-25-30-64(52(69)35-12-4-8-16-41(35)58)48(40)37-14-6-10-18-43(37)63-46)67(51(68)34-22-20-33(32-57)21-23-34)44-19-11-7-15-38(44)53(70)65-29-24-39-45(49-59-26-27-60-49)62-42-17-9-5-13-36(42)47(39)65;;/h5-6,9-10,13-14,17-18,20-23,26-28,31,35,38-41,44-48,55,62-63H,4,7-8,11-12,15-16,19,24-25,29-30,58H2,1-3H3,(H,59,60);2*1H. The van der Waals surface area contributed by atoms with Gasteiger partial charge in [-0.1, -0.05) is 62.1 Å². The predicted molar refractivity (Wildman–Crippen MR) is 284 cm³/mol. The first-order chi connectivity index (χ1) is 34.9. The van der Waals surface area contributed by atoms with Gasteiger partial charge in [-0.05, 0) is 107 Å². The number of anilines is 2. The van der Waals surface area contributed by atoms with E-state index in [-0.39, 0.29) is 84.1 Å². The number of hydrogen-bond donors (Lipinski definition) is 4. The van der Waals surface area contributed by atoms with E-state index in [9.17, 15) is 14.9 Å². The fourth-order valence-corrected chi connectivity index (χ4v) is 13.1. The number of imidazole rings is 2. The third-order valence-electron chi connectivity index (χ3n) is 16.6. The van der Waals surface area contributed by atoms with Crippen LogP contribution >= 0.6 is 24.8 Å². The summed E-state index contributed by atoms with van der Waals surface area (Å²) >= 11 is 0. The van der Waals surface area contributed by atoms with E-state index in [0.29, 0.717) is 43.7 Å². The average Bonchev–Trinajstić information content (AvgIpc) is 4.26. The van der Waals surface area contributed by atoms with Crippen molar-refractivity contribution in [2.45, 2.75) is 128 Å². The van der Waals surface area contributed by atoms with Crippen LogP contribution in [0.5, 0.6) is 0 Å². The Balaban J connectivity index is 0.00000336. The Bertz CT molecular complexity index is 2880. The van der Waals surface area contributed by atoms with Gasteiger partial charge in [0.05, 0.1) is 53.1 Å².